The first-order valence-corrected chi connectivity index (χ1v) is 6.56. The third kappa shape index (κ3) is 4.97. The van der Waals surface area contributed by atoms with E-state index in [9.17, 15) is 4.79 Å². The number of carbonyl (C=O) groups is 1. The van der Waals surface area contributed by atoms with Crippen LogP contribution in [-0.2, 0) is 4.79 Å². The van der Waals surface area contributed by atoms with Gasteiger partial charge in [0.2, 0.25) is 5.91 Å². The molecule has 3 nitrogen and oxygen atoms in total. The summed E-state index contributed by atoms with van der Waals surface area (Å²) in [5, 5.41) is 2.99. The minimum absolute atomic E-state index is 0.190. The zero-order chi connectivity index (χ0) is 12.0. The van der Waals surface area contributed by atoms with Crippen LogP contribution in [0.3, 0.4) is 0 Å². The minimum Gasteiger partial charge on any atom is -0.355 e. The average molecular weight is 226 g/mol. The molecule has 0 aromatic heterocycles. The fraction of sp³-hybridized carbons (Fsp3) is 0.923. The van der Waals surface area contributed by atoms with Gasteiger partial charge in [-0.05, 0) is 25.8 Å². The van der Waals surface area contributed by atoms with Gasteiger partial charge in [0.05, 0.1) is 0 Å². The molecule has 0 spiro atoms. The maximum absolute atomic E-state index is 11.4. The molecule has 1 fully saturated rings. The monoisotopic (exact) mass is 226 g/mol. The topological polar surface area (TPSA) is 32.3 Å². The molecule has 0 bridgehead atoms. The van der Waals surface area contributed by atoms with Gasteiger partial charge in [-0.25, -0.2) is 0 Å². The average Bonchev–Trinajstić information content (AvgIpc) is 2.68. The van der Waals surface area contributed by atoms with E-state index >= 15 is 0 Å². The first-order valence-electron chi connectivity index (χ1n) is 6.56. The molecule has 0 atom stereocenters. The van der Waals surface area contributed by atoms with Crippen LogP contribution >= 0.6 is 0 Å². The highest BCUT2D eigenvalue weighted by molar-refractivity contribution is 5.75. The molecule has 1 aliphatic rings. The Morgan fingerprint density at radius 1 is 1.38 bits per heavy atom. The van der Waals surface area contributed by atoms with Crippen molar-refractivity contribution < 1.29 is 4.79 Å². The molecule has 0 aromatic carbocycles. The minimum atomic E-state index is 0.190. The van der Waals surface area contributed by atoms with Crippen molar-refractivity contribution in [1.82, 2.24) is 10.2 Å². The summed E-state index contributed by atoms with van der Waals surface area (Å²) in [5.74, 6) is 0.641. The number of hydrogen-bond donors (Lipinski definition) is 1. The van der Waals surface area contributed by atoms with E-state index in [4.69, 9.17) is 0 Å². The first kappa shape index (κ1) is 13.5. The predicted octanol–water partition coefficient (Wildman–Crippen LogP) is 2.02. The Labute approximate surface area is 99.6 Å². The van der Waals surface area contributed by atoms with E-state index in [1.54, 1.807) is 0 Å². The van der Waals surface area contributed by atoms with Crippen molar-refractivity contribution >= 4 is 5.91 Å². The standard InChI is InChI=1S/C13H26N2O/c1-11(2)10-13(16)14-8-9-15(3)12-6-4-5-7-12/h11-12H,4-10H2,1-3H3,(H,14,16). The zero-order valence-corrected chi connectivity index (χ0v) is 11.0. The van der Waals surface area contributed by atoms with Crippen molar-refractivity contribution in [2.75, 3.05) is 20.1 Å². The van der Waals surface area contributed by atoms with Crippen LogP contribution in [0.2, 0.25) is 0 Å². The normalized spacial score (nSPS) is 17.3. The summed E-state index contributed by atoms with van der Waals surface area (Å²) in [6.07, 6.45) is 6.05. The van der Waals surface area contributed by atoms with E-state index in [0.29, 0.717) is 12.3 Å². The number of carbonyl (C=O) groups excluding carboxylic acids is 1. The predicted molar refractivity (Wildman–Crippen MR) is 67.4 cm³/mol. The molecule has 1 amide bonds. The second-order valence-electron chi connectivity index (χ2n) is 5.37. The third-order valence-electron chi connectivity index (χ3n) is 3.33. The maximum atomic E-state index is 11.4. The second-order valence-corrected chi connectivity index (χ2v) is 5.37. The molecule has 94 valence electrons. The van der Waals surface area contributed by atoms with Gasteiger partial charge < -0.3 is 10.2 Å². The van der Waals surface area contributed by atoms with E-state index in [2.05, 4.69) is 31.1 Å². The summed E-state index contributed by atoms with van der Waals surface area (Å²) in [6, 6.07) is 0.752. The molecule has 0 saturated heterocycles. The number of nitrogens with zero attached hydrogens (tertiary/aromatic N) is 1. The summed E-state index contributed by atoms with van der Waals surface area (Å²) in [7, 11) is 2.17. The largest absolute Gasteiger partial charge is 0.355 e. The summed E-state index contributed by atoms with van der Waals surface area (Å²) in [6.45, 7) is 5.92. The molecule has 16 heavy (non-hydrogen) atoms. The summed E-state index contributed by atoms with van der Waals surface area (Å²) in [5.41, 5.74) is 0. The lowest BCUT2D eigenvalue weighted by molar-refractivity contribution is -0.121. The number of likely N-dealkylation sites (N-methyl/N-ethyl adjacent to an activating group) is 1. The molecular formula is C13H26N2O. The van der Waals surface area contributed by atoms with Crippen LogP contribution in [0.5, 0.6) is 0 Å². The lowest BCUT2D eigenvalue weighted by atomic mass is 10.1. The maximum Gasteiger partial charge on any atom is 0.220 e. The summed E-state index contributed by atoms with van der Waals surface area (Å²) >= 11 is 0. The SMILES string of the molecule is CC(C)CC(=O)NCCN(C)C1CCCC1. The number of hydrogen-bond acceptors (Lipinski definition) is 2. The van der Waals surface area contributed by atoms with Crippen LogP contribution in [0.4, 0.5) is 0 Å². The second kappa shape index (κ2) is 6.89. The van der Waals surface area contributed by atoms with Crippen molar-refractivity contribution in [3.8, 4) is 0 Å². The van der Waals surface area contributed by atoms with Gasteiger partial charge in [-0.2, -0.15) is 0 Å². The Balaban J connectivity index is 2.07. The highest BCUT2D eigenvalue weighted by Crippen LogP contribution is 2.21. The highest BCUT2D eigenvalue weighted by Gasteiger charge is 2.18. The molecule has 1 aliphatic carbocycles. The van der Waals surface area contributed by atoms with Crippen LogP contribution in [0, 0.1) is 5.92 Å². The van der Waals surface area contributed by atoms with Crippen molar-refractivity contribution in [3.05, 3.63) is 0 Å². The summed E-state index contributed by atoms with van der Waals surface area (Å²) in [4.78, 5) is 13.8. The molecule has 1 saturated carbocycles. The van der Waals surface area contributed by atoms with Crippen molar-refractivity contribution in [3.63, 3.8) is 0 Å². The van der Waals surface area contributed by atoms with E-state index in [1.807, 2.05) is 0 Å². The van der Waals surface area contributed by atoms with Crippen molar-refractivity contribution in [2.24, 2.45) is 5.92 Å². The van der Waals surface area contributed by atoms with Crippen LogP contribution in [0.15, 0.2) is 0 Å². The summed E-state index contributed by atoms with van der Waals surface area (Å²) < 4.78 is 0. The van der Waals surface area contributed by atoms with Crippen LogP contribution in [-0.4, -0.2) is 37.0 Å². The molecule has 0 radical (unpaired) electrons. The Kier molecular flexibility index (Phi) is 5.81. The molecule has 1 rings (SSSR count). The lowest BCUT2D eigenvalue weighted by Gasteiger charge is -2.23. The fourth-order valence-corrected chi connectivity index (χ4v) is 2.34. The smallest absolute Gasteiger partial charge is 0.220 e. The molecule has 0 heterocycles. The number of nitrogens with one attached hydrogen (secondary N) is 1. The highest BCUT2D eigenvalue weighted by atomic mass is 16.1. The van der Waals surface area contributed by atoms with Gasteiger partial charge >= 0.3 is 0 Å². The van der Waals surface area contributed by atoms with Gasteiger partial charge in [0.15, 0.2) is 0 Å². The Morgan fingerprint density at radius 2 is 2.00 bits per heavy atom. The van der Waals surface area contributed by atoms with E-state index < -0.39 is 0 Å². The zero-order valence-electron chi connectivity index (χ0n) is 11.0. The molecular weight excluding hydrogens is 200 g/mol. The number of amides is 1. The molecule has 1 N–H and O–H groups in total. The van der Waals surface area contributed by atoms with Crippen LogP contribution < -0.4 is 5.32 Å². The Bertz CT molecular complexity index is 210. The van der Waals surface area contributed by atoms with Gasteiger partial charge in [0.1, 0.15) is 0 Å². The molecule has 0 aromatic rings. The first-order chi connectivity index (χ1) is 7.59. The van der Waals surface area contributed by atoms with Gasteiger partial charge in [-0.3, -0.25) is 4.79 Å². The van der Waals surface area contributed by atoms with Crippen molar-refractivity contribution in [2.45, 2.75) is 52.0 Å². The Hall–Kier alpha value is -0.570. The quantitative estimate of drug-likeness (QED) is 0.751. The van der Waals surface area contributed by atoms with Gasteiger partial charge in [0.25, 0.3) is 0 Å². The Morgan fingerprint density at radius 3 is 2.56 bits per heavy atom. The van der Waals surface area contributed by atoms with Gasteiger partial charge in [0, 0.05) is 25.6 Å². The third-order valence-corrected chi connectivity index (χ3v) is 3.33. The van der Waals surface area contributed by atoms with E-state index in [0.717, 1.165) is 19.1 Å². The van der Waals surface area contributed by atoms with E-state index in [1.165, 1.54) is 25.7 Å². The van der Waals surface area contributed by atoms with Crippen LogP contribution in [0.1, 0.15) is 46.0 Å². The molecule has 0 aliphatic heterocycles. The van der Waals surface area contributed by atoms with Crippen LogP contribution in [0.25, 0.3) is 0 Å². The lowest BCUT2D eigenvalue weighted by Crippen LogP contribution is -2.37. The van der Waals surface area contributed by atoms with E-state index in [-0.39, 0.29) is 5.91 Å². The van der Waals surface area contributed by atoms with Crippen molar-refractivity contribution in [1.29, 1.82) is 0 Å². The fourth-order valence-electron chi connectivity index (χ4n) is 2.34. The molecule has 0 unspecified atom stereocenters. The number of rotatable bonds is 6. The molecule has 3 heteroatoms. The van der Waals surface area contributed by atoms with Gasteiger partial charge in [-0.1, -0.05) is 26.7 Å². The van der Waals surface area contributed by atoms with Gasteiger partial charge in [-0.15, -0.1) is 0 Å².